The van der Waals surface area contributed by atoms with Crippen LogP contribution in [0.5, 0.6) is 0 Å². The molecule has 0 saturated heterocycles. The first-order chi connectivity index (χ1) is 8.63. The fourth-order valence-electron chi connectivity index (χ4n) is 1.81. The summed E-state index contributed by atoms with van der Waals surface area (Å²) >= 11 is 0. The molecule has 0 N–H and O–H groups in total. The average molecular weight is 248 g/mol. The van der Waals surface area contributed by atoms with E-state index in [9.17, 15) is 4.79 Å². The van der Waals surface area contributed by atoms with Crippen molar-refractivity contribution < 1.29 is 13.9 Å². The van der Waals surface area contributed by atoms with Crippen molar-refractivity contribution in [2.45, 2.75) is 19.9 Å². The van der Waals surface area contributed by atoms with Crippen LogP contribution in [0.2, 0.25) is 0 Å². The molecule has 18 heavy (non-hydrogen) atoms. The highest BCUT2D eigenvalue weighted by molar-refractivity contribution is 5.90. The number of anilines is 1. The van der Waals surface area contributed by atoms with Gasteiger partial charge in [-0.2, -0.15) is 0 Å². The molecule has 0 aliphatic carbocycles. The van der Waals surface area contributed by atoms with Crippen LogP contribution < -0.4 is 4.90 Å². The van der Waals surface area contributed by atoms with Crippen LogP contribution in [0.15, 0.2) is 29.0 Å². The van der Waals surface area contributed by atoms with Crippen molar-refractivity contribution in [3.05, 3.63) is 24.6 Å². The van der Waals surface area contributed by atoms with Gasteiger partial charge in [-0.25, -0.2) is 4.98 Å². The third kappa shape index (κ3) is 2.30. The maximum Gasteiger partial charge on any atom is 0.325 e. The molecule has 2 rings (SSSR count). The first kappa shape index (κ1) is 12.4. The maximum absolute atomic E-state index is 11.5. The monoisotopic (exact) mass is 248 g/mol. The molecule has 0 unspecified atom stereocenters. The first-order valence-electron chi connectivity index (χ1n) is 5.79. The summed E-state index contributed by atoms with van der Waals surface area (Å²) in [6.45, 7) is 4.18. The number of carbonyl (C=O) groups excluding carboxylic acids is 1. The van der Waals surface area contributed by atoms with Gasteiger partial charge in [-0.15, -0.1) is 0 Å². The molecule has 0 aliphatic heterocycles. The molecule has 96 valence electrons. The summed E-state index contributed by atoms with van der Waals surface area (Å²) in [5.74, 6) is 0.452. The Morgan fingerprint density at radius 3 is 2.94 bits per heavy atom. The van der Waals surface area contributed by atoms with Crippen molar-refractivity contribution in [2.75, 3.05) is 18.6 Å². The molecular formula is C13H16N2O3. The summed E-state index contributed by atoms with van der Waals surface area (Å²) in [6, 6.07) is 3.79. The minimum Gasteiger partial charge on any atom is -0.468 e. The molecule has 2 aromatic heterocycles. The fourth-order valence-corrected chi connectivity index (χ4v) is 1.81. The van der Waals surface area contributed by atoms with Gasteiger partial charge >= 0.3 is 5.97 Å². The lowest BCUT2D eigenvalue weighted by molar-refractivity contribution is -0.139. The van der Waals surface area contributed by atoms with Crippen LogP contribution in [0.4, 0.5) is 5.82 Å². The summed E-state index contributed by atoms with van der Waals surface area (Å²) in [5.41, 5.74) is 0.760. The molecule has 5 heteroatoms. The molecule has 0 aliphatic rings. The Bertz CT molecular complexity index is 548. The van der Waals surface area contributed by atoms with Gasteiger partial charge in [0, 0.05) is 12.2 Å². The van der Waals surface area contributed by atoms with Crippen molar-refractivity contribution in [2.24, 2.45) is 0 Å². The van der Waals surface area contributed by atoms with E-state index in [2.05, 4.69) is 4.98 Å². The van der Waals surface area contributed by atoms with Crippen molar-refractivity contribution in [1.82, 2.24) is 4.98 Å². The number of methoxy groups -OCH3 is 1. The van der Waals surface area contributed by atoms with Crippen LogP contribution in [0, 0.1) is 0 Å². The number of nitrogens with zero attached hydrogens (tertiary/aromatic N) is 2. The number of hydrogen-bond donors (Lipinski definition) is 0. The zero-order valence-electron chi connectivity index (χ0n) is 10.7. The van der Waals surface area contributed by atoms with E-state index in [0.717, 1.165) is 16.8 Å². The lowest BCUT2D eigenvalue weighted by atomic mass is 10.2. The summed E-state index contributed by atoms with van der Waals surface area (Å²) in [4.78, 5) is 17.7. The van der Waals surface area contributed by atoms with Crippen LogP contribution in [-0.2, 0) is 9.53 Å². The minimum atomic E-state index is -0.286. The third-order valence-corrected chi connectivity index (χ3v) is 2.78. The number of rotatable bonds is 4. The van der Waals surface area contributed by atoms with E-state index in [1.165, 1.54) is 7.11 Å². The quantitative estimate of drug-likeness (QED) is 0.776. The lowest BCUT2D eigenvalue weighted by Crippen LogP contribution is -2.36. The van der Waals surface area contributed by atoms with E-state index >= 15 is 0 Å². The highest BCUT2D eigenvalue weighted by Crippen LogP contribution is 2.26. The maximum atomic E-state index is 11.5. The van der Waals surface area contributed by atoms with Gasteiger partial charge in [-0.05, 0) is 26.0 Å². The molecule has 0 saturated carbocycles. The molecule has 0 aromatic carbocycles. The van der Waals surface area contributed by atoms with Crippen LogP contribution in [0.1, 0.15) is 13.8 Å². The number of pyridine rings is 1. The molecule has 0 bridgehead atoms. The zero-order valence-corrected chi connectivity index (χ0v) is 10.7. The van der Waals surface area contributed by atoms with Crippen molar-refractivity contribution >= 4 is 22.8 Å². The smallest absolute Gasteiger partial charge is 0.325 e. The Hall–Kier alpha value is -2.04. The van der Waals surface area contributed by atoms with Crippen LogP contribution in [0.25, 0.3) is 11.0 Å². The second-order valence-corrected chi connectivity index (χ2v) is 4.26. The molecule has 0 fully saturated rings. The molecule has 0 radical (unpaired) electrons. The van der Waals surface area contributed by atoms with Gasteiger partial charge in [-0.1, -0.05) is 0 Å². The highest BCUT2D eigenvalue weighted by Gasteiger charge is 2.19. The Balaban J connectivity index is 2.41. The molecule has 2 aromatic rings. The number of fused-ring (bicyclic) bond motifs is 1. The predicted octanol–water partition coefficient (Wildman–Crippen LogP) is 2.22. The molecule has 0 spiro atoms. The number of hydrogen-bond acceptors (Lipinski definition) is 5. The van der Waals surface area contributed by atoms with Gasteiger partial charge in [0.2, 0.25) is 0 Å². The number of aromatic nitrogens is 1. The Morgan fingerprint density at radius 1 is 1.50 bits per heavy atom. The normalized spacial score (nSPS) is 10.9. The Kier molecular flexibility index (Phi) is 3.50. The lowest BCUT2D eigenvalue weighted by Gasteiger charge is -2.26. The Morgan fingerprint density at radius 2 is 2.28 bits per heavy atom. The second-order valence-electron chi connectivity index (χ2n) is 4.26. The second kappa shape index (κ2) is 5.08. The standard InChI is InChI=1S/C13H16N2O3/c1-9(2)15(8-12(16)17-3)13-10-5-7-18-11(10)4-6-14-13/h4-7,9H,8H2,1-3H3. The van der Waals surface area contributed by atoms with Crippen LogP contribution in [-0.4, -0.2) is 30.6 Å². The van der Waals surface area contributed by atoms with Crippen molar-refractivity contribution in [3.63, 3.8) is 0 Å². The Labute approximate surface area is 105 Å². The van der Waals surface area contributed by atoms with Crippen molar-refractivity contribution in [3.8, 4) is 0 Å². The number of esters is 1. The van der Waals surface area contributed by atoms with Crippen LogP contribution in [0.3, 0.4) is 0 Å². The topological polar surface area (TPSA) is 55.6 Å². The fraction of sp³-hybridized carbons (Fsp3) is 0.385. The molecule has 0 amide bonds. The zero-order chi connectivity index (χ0) is 13.1. The summed E-state index contributed by atoms with van der Waals surface area (Å²) in [5, 5.41) is 0.898. The summed E-state index contributed by atoms with van der Waals surface area (Å²) < 4.78 is 10.1. The van der Waals surface area contributed by atoms with Gasteiger partial charge in [0.1, 0.15) is 17.9 Å². The van der Waals surface area contributed by atoms with Gasteiger partial charge in [0.25, 0.3) is 0 Å². The molecule has 0 atom stereocenters. The average Bonchev–Trinajstić information content (AvgIpc) is 2.83. The largest absolute Gasteiger partial charge is 0.468 e. The van der Waals surface area contributed by atoms with Gasteiger partial charge < -0.3 is 14.1 Å². The third-order valence-electron chi connectivity index (χ3n) is 2.78. The number of furan rings is 1. The molecular weight excluding hydrogens is 232 g/mol. The van der Waals surface area contributed by atoms with Gasteiger partial charge in [-0.3, -0.25) is 4.79 Å². The number of carbonyl (C=O) groups is 1. The summed E-state index contributed by atoms with van der Waals surface area (Å²) in [6.07, 6.45) is 3.29. The van der Waals surface area contributed by atoms with E-state index in [1.54, 1.807) is 18.5 Å². The SMILES string of the molecule is COC(=O)CN(c1nccc2occc12)C(C)C. The van der Waals surface area contributed by atoms with E-state index in [-0.39, 0.29) is 18.6 Å². The number of ether oxygens (including phenoxy) is 1. The minimum absolute atomic E-state index is 0.136. The van der Waals surface area contributed by atoms with E-state index in [4.69, 9.17) is 9.15 Å². The van der Waals surface area contributed by atoms with E-state index in [1.807, 2.05) is 24.8 Å². The highest BCUT2D eigenvalue weighted by atomic mass is 16.5. The summed E-state index contributed by atoms with van der Waals surface area (Å²) in [7, 11) is 1.38. The van der Waals surface area contributed by atoms with Gasteiger partial charge in [0.05, 0.1) is 18.8 Å². The molecule has 2 heterocycles. The van der Waals surface area contributed by atoms with E-state index in [0.29, 0.717) is 0 Å². The van der Waals surface area contributed by atoms with Crippen molar-refractivity contribution in [1.29, 1.82) is 0 Å². The predicted molar refractivity (Wildman–Crippen MR) is 68.5 cm³/mol. The van der Waals surface area contributed by atoms with E-state index < -0.39 is 0 Å². The molecule has 5 nitrogen and oxygen atoms in total. The van der Waals surface area contributed by atoms with Gasteiger partial charge in [0.15, 0.2) is 0 Å². The first-order valence-corrected chi connectivity index (χ1v) is 5.79. The van der Waals surface area contributed by atoms with Crippen LogP contribution >= 0.6 is 0 Å².